The van der Waals surface area contributed by atoms with E-state index in [0.717, 1.165) is 0 Å². The molecule has 1 aromatic rings. The van der Waals surface area contributed by atoms with E-state index in [9.17, 15) is 14.7 Å². The Labute approximate surface area is 137 Å². The topological polar surface area (TPSA) is 70.1 Å². The Morgan fingerprint density at radius 3 is 2.04 bits per heavy atom. The third-order valence-corrected chi connectivity index (χ3v) is 3.73. The van der Waals surface area contributed by atoms with E-state index in [-0.39, 0.29) is 18.3 Å². The lowest BCUT2D eigenvalue weighted by atomic mass is 10.1. The molecule has 0 aromatic heterocycles. The van der Waals surface area contributed by atoms with E-state index in [0.29, 0.717) is 37.3 Å². The van der Waals surface area contributed by atoms with Gasteiger partial charge in [0, 0.05) is 26.2 Å². The molecule has 0 fully saturated rings. The molecule has 0 aliphatic carbocycles. The van der Waals surface area contributed by atoms with Gasteiger partial charge in [-0.1, -0.05) is 6.07 Å². The van der Waals surface area contributed by atoms with Crippen LogP contribution in [0.2, 0.25) is 0 Å². The summed E-state index contributed by atoms with van der Waals surface area (Å²) in [4.78, 5) is 27.9. The first-order valence-corrected chi connectivity index (χ1v) is 8.01. The van der Waals surface area contributed by atoms with Gasteiger partial charge in [0.1, 0.15) is 5.75 Å². The first-order chi connectivity index (χ1) is 11.0. The zero-order valence-electron chi connectivity index (χ0n) is 14.3. The fourth-order valence-electron chi connectivity index (χ4n) is 2.25. The highest BCUT2D eigenvalue weighted by atomic mass is 16.6. The monoisotopic (exact) mass is 322 g/mol. The summed E-state index contributed by atoms with van der Waals surface area (Å²) in [7, 11) is 0. The minimum atomic E-state index is -0.486. The maximum Gasteiger partial charge on any atom is 0.415 e. The third-order valence-electron chi connectivity index (χ3n) is 3.73. The van der Waals surface area contributed by atoms with Crippen LogP contribution in [0.25, 0.3) is 0 Å². The highest BCUT2D eigenvalue weighted by Gasteiger charge is 2.21. The molecule has 1 aromatic carbocycles. The largest absolute Gasteiger partial charge is 0.415 e. The van der Waals surface area contributed by atoms with Gasteiger partial charge < -0.3 is 19.6 Å². The van der Waals surface area contributed by atoms with Gasteiger partial charge in [0.15, 0.2) is 0 Å². The van der Waals surface area contributed by atoms with Crippen molar-refractivity contribution >= 4 is 12.0 Å². The summed E-state index contributed by atoms with van der Waals surface area (Å²) in [6, 6.07) is 4.78. The number of ether oxygens (including phenoxy) is 1. The second kappa shape index (κ2) is 9.15. The Balaban J connectivity index is 3.16. The van der Waals surface area contributed by atoms with Crippen LogP contribution in [0.3, 0.4) is 0 Å². The normalized spacial score (nSPS) is 10.3. The summed E-state index contributed by atoms with van der Waals surface area (Å²) in [5, 5.41) is 9.29. The van der Waals surface area contributed by atoms with Gasteiger partial charge >= 0.3 is 6.09 Å². The molecule has 0 heterocycles. The number of nitrogens with zero attached hydrogens (tertiary/aromatic N) is 2. The van der Waals surface area contributed by atoms with Gasteiger partial charge in [-0.2, -0.15) is 0 Å². The van der Waals surface area contributed by atoms with Crippen molar-refractivity contribution in [2.45, 2.75) is 34.3 Å². The Bertz CT molecular complexity index is 537. The van der Waals surface area contributed by atoms with E-state index in [1.54, 1.807) is 23.1 Å². The van der Waals surface area contributed by atoms with Crippen molar-refractivity contribution in [3.63, 3.8) is 0 Å². The van der Waals surface area contributed by atoms with Crippen LogP contribution in [-0.4, -0.2) is 53.1 Å². The van der Waals surface area contributed by atoms with Crippen LogP contribution < -0.4 is 4.74 Å². The predicted octanol–water partition coefficient (Wildman–Crippen LogP) is 2.50. The maximum atomic E-state index is 12.6. The summed E-state index contributed by atoms with van der Waals surface area (Å²) < 4.78 is 5.41. The number of benzene rings is 1. The lowest BCUT2D eigenvalue weighted by Crippen LogP contribution is -2.34. The molecular formula is C17H26N2O4. The second-order valence-electron chi connectivity index (χ2n) is 5.01. The van der Waals surface area contributed by atoms with E-state index in [4.69, 9.17) is 4.74 Å². The summed E-state index contributed by atoms with van der Waals surface area (Å²) in [5.74, 6) is 0.00338. The molecule has 0 saturated carbocycles. The Morgan fingerprint density at radius 2 is 1.57 bits per heavy atom. The fourth-order valence-corrected chi connectivity index (χ4v) is 2.25. The molecule has 6 nitrogen and oxygen atoms in total. The molecule has 128 valence electrons. The van der Waals surface area contributed by atoms with Gasteiger partial charge in [-0.3, -0.25) is 4.79 Å². The van der Waals surface area contributed by atoms with Crippen LogP contribution in [0.1, 0.15) is 43.6 Å². The number of carbonyl (C=O) groups is 2. The molecule has 0 unspecified atom stereocenters. The Kier molecular flexibility index (Phi) is 7.54. The van der Waals surface area contributed by atoms with Gasteiger partial charge in [0.25, 0.3) is 5.91 Å². The van der Waals surface area contributed by atoms with Crippen molar-refractivity contribution in [3.05, 3.63) is 29.3 Å². The van der Waals surface area contributed by atoms with Gasteiger partial charge in [-0.25, -0.2) is 4.79 Å². The molecule has 0 saturated heterocycles. The average Bonchev–Trinajstić information content (AvgIpc) is 2.57. The van der Waals surface area contributed by atoms with E-state index >= 15 is 0 Å². The second-order valence-corrected chi connectivity index (χ2v) is 5.01. The molecule has 2 amide bonds. The standard InChI is InChI=1S/C17H26N2O4/c1-5-18(6-2)16(21)14-11-13(12-20)9-10-15(14)23-17(22)19(7-3)8-4/h9-11,20H,5-8,12H2,1-4H3. The van der Waals surface area contributed by atoms with Gasteiger partial charge in [0.2, 0.25) is 0 Å². The average molecular weight is 322 g/mol. The Hall–Kier alpha value is -2.08. The first-order valence-electron chi connectivity index (χ1n) is 8.01. The summed E-state index contributed by atoms with van der Waals surface area (Å²) >= 11 is 0. The zero-order chi connectivity index (χ0) is 17.4. The van der Waals surface area contributed by atoms with Gasteiger partial charge in [-0.05, 0) is 45.4 Å². The predicted molar refractivity (Wildman–Crippen MR) is 88.6 cm³/mol. The highest BCUT2D eigenvalue weighted by Crippen LogP contribution is 2.23. The van der Waals surface area contributed by atoms with Crippen molar-refractivity contribution in [3.8, 4) is 5.75 Å². The van der Waals surface area contributed by atoms with Crippen LogP contribution >= 0.6 is 0 Å². The van der Waals surface area contributed by atoms with Crippen LogP contribution in [-0.2, 0) is 6.61 Å². The number of aliphatic hydroxyl groups is 1. The van der Waals surface area contributed by atoms with Gasteiger partial charge in [0.05, 0.1) is 12.2 Å². The molecule has 0 spiro atoms. The molecule has 0 bridgehead atoms. The zero-order valence-corrected chi connectivity index (χ0v) is 14.3. The molecule has 0 atom stereocenters. The number of carbonyl (C=O) groups excluding carboxylic acids is 2. The summed E-state index contributed by atoms with van der Waals surface area (Å²) in [6.07, 6.45) is -0.486. The molecule has 1 rings (SSSR count). The third kappa shape index (κ3) is 4.69. The van der Waals surface area contributed by atoms with Crippen LogP contribution in [0, 0.1) is 0 Å². The number of hydrogen-bond donors (Lipinski definition) is 1. The number of rotatable bonds is 7. The van der Waals surface area contributed by atoms with E-state index in [1.807, 2.05) is 27.7 Å². The quantitative estimate of drug-likeness (QED) is 0.837. The molecule has 6 heteroatoms. The molecule has 0 aliphatic rings. The molecule has 0 radical (unpaired) electrons. The summed E-state index contributed by atoms with van der Waals surface area (Å²) in [5.41, 5.74) is 0.893. The lowest BCUT2D eigenvalue weighted by Gasteiger charge is -2.22. The van der Waals surface area contributed by atoms with Crippen LogP contribution in [0.15, 0.2) is 18.2 Å². The number of aliphatic hydroxyl groups excluding tert-OH is 1. The number of amides is 2. The van der Waals surface area contributed by atoms with Gasteiger partial charge in [-0.15, -0.1) is 0 Å². The SMILES string of the molecule is CCN(CC)C(=O)Oc1ccc(CO)cc1C(=O)N(CC)CC. The van der Waals surface area contributed by atoms with Crippen molar-refractivity contribution in [2.24, 2.45) is 0 Å². The van der Waals surface area contributed by atoms with E-state index in [1.165, 1.54) is 4.90 Å². The molecular weight excluding hydrogens is 296 g/mol. The minimum absolute atomic E-state index is 0.178. The lowest BCUT2D eigenvalue weighted by molar-refractivity contribution is 0.0769. The van der Waals surface area contributed by atoms with E-state index in [2.05, 4.69) is 0 Å². The maximum absolute atomic E-state index is 12.6. The Morgan fingerprint density at radius 1 is 1.00 bits per heavy atom. The fraction of sp³-hybridized carbons (Fsp3) is 0.529. The highest BCUT2D eigenvalue weighted by molar-refractivity contribution is 5.97. The van der Waals surface area contributed by atoms with Crippen molar-refractivity contribution in [1.82, 2.24) is 9.80 Å². The molecule has 1 N–H and O–H groups in total. The first kappa shape index (κ1) is 19.0. The molecule has 0 aliphatic heterocycles. The van der Waals surface area contributed by atoms with E-state index < -0.39 is 6.09 Å². The smallest absolute Gasteiger partial charge is 0.409 e. The van der Waals surface area contributed by atoms with Crippen molar-refractivity contribution in [1.29, 1.82) is 0 Å². The van der Waals surface area contributed by atoms with Crippen molar-refractivity contribution < 1.29 is 19.4 Å². The summed E-state index contributed by atoms with van der Waals surface area (Å²) in [6.45, 7) is 9.50. The van der Waals surface area contributed by atoms with Crippen molar-refractivity contribution in [2.75, 3.05) is 26.2 Å². The minimum Gasteiger partial charge on any atom is -0.409 e. The van der Waals surface area contributed by atoms with Crippen LogP contribution in [0.5, 0.6) is 5.75 Å². The number of hydrogen-bond acceptors (Lipinski definition) is 4. The molecule has 23 heavy (non-hydrogen) atoms. The van der Waals surface area contributed by atoms with Crippen LogP contribution in [0.4, 0.5) is 4.79 Å².